The first-order valence-corrected chi connectivity index (χ1v) is 6.84. The van der Waals surface area contributed by atoms with Crippen molar-refractivity contribution in [3.63, 3.8) is 0 Å². The monoisotopic (exact) mass is 233 g/mol. The average Bonchev–Trinajstić information content (AvgIpc) is 2.30. The molecule has 0 radical (unpaired) electrons. The van der Waals surface area contributed by atoms with Gasteiger partial charge < -0.3 is 5.73 Å². The fourth-order valence-electron chi connectivity index (χ4n) is 2.47. The molecule has 1 aromatic rings. The number of benzene rings is 1. The molecule has 2 N–H and O–H groups in total. The molecule has 0 atom stereocenters. The summed E-state index contributed by atoms with van der Waals surface area (Å²) in [7, 11) is 0. The van der Waals surface area contributed by atoms with Gasteiger partial charge in [0, 0.05) is 0 Å². The average molecular weight is 233 g/mol. The van der Waals surface area contributed by atoms with Crippen molar-refractivity contribution in [3.8, 4) is 0 Å². The Labute approximate surface area is 106 Å². The second kappa shape index (κ2) is 6.80. The molecule has 0 aromatic heterocycles. The van der Waals surface area contributed by atoms with Crippen molar-refractivity contribution in [2.45, 2.75) is 59.8 Å². The van der Waals surface area contributed by atoms with E-state index in [0.717, 1.165) is 6.54 Å². The van der Waals surface area contributed by atoms with E-state index in [2.05, 4.69) is 33.8 Å². The van der Waals surface area contributed by atoms with E-state index in [1.807, 2.05) is 0 Å². The molecule has 1 nitrogen and oxygen atoms in total. The van der Waals surface area contributed by atoms with Crippen LogP contribution in [0.5, 0.6) is 0 Å². The van der Waals surface area contributed by atoms with Crippen LogP contribution in [-0.4, -0.2) is 6.54 Å². The van der Waals surface area contributed by atoms with Crippen molar-refractivity contribution in [2.24, 2.45) is 5.73 Å². The molecule has 0 aliphatic heterocycles. The summed E-state index contributed by atoms with van der Waals surface area (Å²) in [5, 5.41) is 0. The van der Waals surface area contributed by atoms with Gasteiger partial charge >= 0.3 is 0 Å². The lowest BCUT2D eigenvalue weighted by Gasteiger charge is -2.15. The van der Waals surface area contributed by atoms with E-state index in [-0.39, 0.29) is 0 Å². The quantitative estimate of drug-likeness (QED) is 0.739. The van der Waals surface area contributed by atoms with E-state index in [9.17, 15) is 0 Å². The molecule has 1 rings (SSSR count). The minimum atomic E-state index is 0.835. The summed E-state index contributed by atoms with van der Waals surface area (Å²) in [4.78, 5) is 0. The van der Waals surface area contributed by atoms with Crippen LogP contribution in [0.3, 0.4) is 0 Å². The molecular formula is C16H27N. The van der Waals surface area contributed by atoms with Gasteiger partial charge in [-0.05, 0) is 81.3 Å². The van der Waals surface area contributed by atoms with Crippen LogP contribution in [0.25, 0.3) is 0 Å². The zero-order valence-electron chi connectivity index (χ0n) is 11.9. The predicted octanol–water partition coefficient (Wildman–Crippen LogP) is 3.98. The SMILES string of the molecule is Cc1cc(C)c(C)c(CCCCCCN)c1C. The van der Waals surface area contributed by atoms with Crippen molar-refractivity contribution in [2.75, 3.05) is 6.54 Å². The third-order valence-electron chi connectivity index (χ3n) is 3.90. The molecule has 1 heteroatoms. The van der Waals surface area contributed by atoms with Crippen molar-refractivity contribution in [1.82, 2.24) is 0 Å². The maximum atomic E-state index is 5.51. The van der Waals surface area contributed by atoms with Gasteiger partial charge in [0.15, 0.2) is 0 Å². The van der Waals surface area contributed by atoms with Crippen molar-refractivity contribution in [3.05, 3.63) is 33.9 Å². The summed E-state index contributed by atoms with van der Waals surface area (Å²) >= 11 is 0. The number of unbranched alkanes of at least 4 members (excludes halogenated alkanes) is 3. The Morgan fingerprint density at radius 1 is 0.824 bits per heavy atom. The topological polar surface area (TPSA) is 26.0 Å². The lowest BCUT2D eigenvalue weighted by molar-refractivity contribution is 0.644. The number of nitrogens with two attached hydrogens (primary N) is 1. The van der Waals surface area contributed by atoms with Crippen LogP contribution in [0.1, 0.15) is 53.5 Å². The van der Waals surface area contributed by atoms with Gasteiger partial charge in [0.25, 0.3) is 0 Å². The molecule has 1 aromatic carbocycles. The first-order valence-electron chi connectivity index (χ1n) is 6.84. The van der Waals surface area contributed by atoms with Gasteiger partial charge in [0.1, 0.15) is 0 Å². The van der Waals surface area contributed by atoms with Crippen LogP contribution in [0, 0.1) is 27.7 Å². The maximum absolute atomic E-state index is 5.51. The molecule has 0 saturated heterocycles. The second-order valence-electron chi connectivity index (χ2n) is 5.19. The Kier molecular flexibility index (Phi) is 5.70. The number of aryl methyl sites for hydroxylation is 2. The second-order valence-corrected chi connectivity index (χ2v) is 5.19. The van der Waals surface area contributed by atoms with Crippen LogP contribution >= 0.6 is 0 Å². The van der Waals surface area contributed by atoms with E-state index in [4.69, 9.17) is 5.73 Å². The fourth-order valence-corrected chi connectivity index (χ4v) is 2.47. The van der Waals surface area contributed by atoms with E-state index in [0.29, 0.717) is 0 Å². The van der Waals surface area contributed by atoms with Gasteiger partial charge in [-0.2, -0.15) is 0 Å². The number of rotatable bonds is 6. The molecule has 96 valence electrons. The van der Waals surface area contributed by atoms with Crippen LogP contribution in [-0.2, 0) is 6.42 Å². The standard InChI is InChI=1S/C16H27N/c1-12-11-13(2)15(4)16(14(12)3)9-7-5-6-8-10-17/h11H,5-10,17H2,1-4H3. The van der Waals surface area contributed by atoms with Crippen molar-refractivity contribution < 1.29 is 0 Å². The van der Waals surface area contributed by atoms with E-state index < -0.39 is 0 Å². The van der Waals surface area contributed by atoms with E-state index >= 15 is 0 Å². The highest BCUT2D eigenvalue weighted by atomic mass is 14.5. The highest BCUT2D eigenvalue weighted by molar-refractivity contribution is 5.43. The zero-order chi connectivity index (χ0) is 12.8. The number of hydrogen-bond acceptors (Lipinski definition) is 1. The van der Waals surface area contributed by atoms with Crippen LogP contribution in [0.4, 0.5) is 0 Å². The molecule has 0 heterocycles. The lowest BCUT2D eigenvalue weighted by Crippen LogP contribution is -2.01. The summed E-state index contributed by atoms with van der Waals surface area (Å²) in [6, 6.07) is 2.31. The largest absolute Gasteiger partial charge is 0.330 e. The molecule has 0 fully saturated rings. The molecule has 0 aliphatic carbocycles. The highest BCUT2D eigenvalue weighted by Gasteiger charge is 2.07. The lowest BCUT2D eigenvalue weighted by atomic mass is 9.91. The van der Waals surface area contributed by atoms with Crippen molar-refractivity contribution in [1.29, 1.82) is 0 Å². The fraction of sp³-hybridized carbons (Fsp3) is 0.625. The third kappa shape index (κ3) is 3.85. The molecular weight excluding hydrogens is 206 g/mol. The molecule has 0 unspecified atom stereocenters. The molecule has 0 saturated carbocycles. The van der Waals surface area contributed by atoms with Gasteiger partial charge in [-0.25, -0.2) is 0 Å². The van der Waals surface area contributed by atoms with Crippen molar-refractivity contribution >= 4 is 0 Å². The summed E-state index contributed by atoms with van der Waals surface area (Å²) in [5.74, 6) is 0. The molecule has 0 spiro atoms. The Hall–Kier alpha value is -0.820. The summed E-state index contributed by atoms with van der Waals surface area (Å²) in [6.07, 6.45) is 6.28. The molecule has 0 aliphatic rings. The van der Waals surface area contributed by atoms with Crippen LogP contribution < -0.4 is 5.73 Å². The van der Waals surface area contributed by atoms with E-state index in [1.165, 1.54) is 54.4 Å². The third-order valence-corrected chi connectivity index (χ3v) is 3.90. The molecule has 17 heavy (non-hydrogen) atoms. The maximum Gasteiger partial charge on any atom is -0.00773 e. The number of hydrogen-bond donors (Lipinski definition) is 1. The summed E-state index contributed by atoms with van der Waals surface area (Å²) < 4.78 is 0. The first kappa shape index (κ1) is 14.2. The Morgan fingerprint density at radius 3 is 1.88 bits per heavy atom. The Morgan fingerprint density at radius 2 is 1.35 bits per heavy atom. The van der Waals surface area contributed by atoms with Crippen LogP contribution in [0.2, 0.25) is 0 Å². The van der Waals surface area contributed by atoms with Gasteiger partial charge in [0.05, 0.1) is 0 Å². The minimum absolute atomic E-state index is 0.835. The highest BCUT2D eigenvalue weighted by Crippen LogP contribution is 2.23. The van der Waals surface area contributed by atoms with E-state index in [1.54, 1.807) is 5.56 Å². The minimum Gasteiger partial charge on any atom is -0.330 e. The smallest absolute Gasteiger partial charge is 0.00773 e. The summed E-state index contributed by atoms with van der Waals surface area (Å²) in [5.41, 5.74) is 12.9. The van der Waals surface area contributed by atoms with Gasteiger partial charge in [-0.3, -0.25) is 0 Å². The molecule has 0 amide bonds. The Balaban J connectivity index is 2.64. The summed E-state index contributed by atoms with van der Waals surface area (Å²) in [6.45, 7) is 9.80. The van der Waals surface area contributed by atoms with Gasteiger partial charge in [-0.15, -0.1) is 0 Å². The normalized spacial score (nSPS) is 10.9. The molecule has 0 bridgehead atoms. The Bertz CT molecular complexity index is 340. The van der Waals surface area contributed by atoms with Gasteiger partial charge in [0.2, 0.25) is 0 Å². The predicted molar refractivity (Wildman–Crippen MR) is 76.6 cm³/mol. The first-order chi connectivity index (χ1) is 8.07. The van der Waals surface area contributed by atoms with Gasteiger partial charge in [-0.1, -0.05) is 18.9 Å². The zero-order valence-corrected chi connectivity index (χ0v) is 11.9. The van der Waals surface area contributed by atoms with Crippen LogP contribution in [0.15, 0.2) is 6.07 Å².